The molecule has 0 aliphatic rings. The molecule has 3 aromatic carbocycles. The number of amides is 1. The first kappa shape index (κ1) is 21.3. The van der Waals surface area contributed by atoms with Crippen molar-refractivity contribution < 1.29 is 13.9 Å². The number of aryl methyl sites for hydroxylation is 1. The molecule has 0 saturated heterocycles. The summed E-state index contributed by atoms with van der Waals surface area (Å²) in [5, 5.41) is 7.93. The summed E-state index contributed by atoms with van der Waals surface area (Å²) >= 11 is 0. The van der Waals surface area contributed by atoms with Crippen LogP contribution in [-0.2, 0) is 6.54 Å². The number of aromatic nitrogens is 1. The largest absolute Gasteiger partial charge is 0.494 e. The van der Waals surface area contributed by atoms with Gasteiger partial charge in [0.2, 0.25) is 0 Å². The number of para-hydroxylation sites is 1. The quantitative estimate of drug-likeness (QED) is 0.317. The van der Waals surface area contributed by atoms with E-state index in [9.17, 15) is 9.59 Å². The van der Waals surface area contributed by atoms with E-state index in [4.69, 9.17) is 9.15 Å². The number of anilines is 2. The van der Waals surface area contributed by atoms with Gasteiger partial charge >= 0.3 is 0 Å². The standard InChI is InChI=1S/C27H23N3O4/c1-16-7-9-21-18(11-16)12-19(26(31)29-21)15-28-20-8-10-22(24(14-20)33-2)30-27(32)25-13-17-5-3-4-6-23(17)34-25/h3-14,28H,15H2,1-2H3,(H,29,31)(H,30,32). The summed E-state index contributed by atoms with van der Waals surface area (Å²) in [5.41, 5.74) is 4.34. The summed E-state index contributed by atoms with van der Waals surface area (Å²) in [6, 6.07) is 22.3. The molecule has 0 bridgehead atoms. The molecule has 0 radical (unpaired) electrons. The monoisotopic (exact) mass is 453 g/mol. The second-order valence-corrected chi connectivity index (χ2v) is 8.09. The van der Waals surface area contributed by atoms with Crippen LogP contribution in [-0.4, -0.2) is 18.0 Å². The van der Waals surface area contributed by atoms with Crippen molar-refractivity contribution in [2.45, 2.75) is 13.5 Å². The molecule has 2 heterocycles. The van der Waals surface area contributed by atoms with Gasteiger partial charge < -0.3 is 24.8 Å². The fraction of sp³-hybridized carbons (Fsp3) is 0.111. The Morgan fingerprint density at radius 2 is 1.85 bits per heavy atom. The Morgan fingerprint density at radius 1 is 1.00 bits per heavy atom. The second kappa shape index (κ2) is 8.78. The van der Waals surface area contributed by atoms with Gasteiger partial charge in [-0.2, -0.15) is 0 Å². The van der Waals surface area contributed by atoms with Crippen LogP contribution in [0.1, 0.15) is 21.7 Å². The fourth-order valence-corrected chi connectivity index (χ4v) is 3.88. The van der Waals surface area contributed by atoms with Crippen LogP contribution >= 0.6 is 0 Å². The number of fused-ring (bicyclic) bond motifs is 2. The number of rotatable bonds is 6. The molecule has 5 rings (SSSR count). The van der Waals surface area contributed by atoms with E-state index in [1.54, 1.807) is 18.2 Å². The van der Waals surface area contributed by atoms with Gasteiger partial charge in [-0.05, 0) is 54.8 Å². The molecule has 2 aromatic heterocycles. The highest BCUT2D eigenvalue weighted by Gasteiger charge is 2.15. The molecular weight excluding hydrogens is 430 g/mol. The van der Waals surface area contributed by atoms with Crippen molar-refractivity contribution in [2.24, 2.45) is 0 Å². The highest BCUT2D eigenvalue weighted by molar-refractivity contribution is 6.05. The number of benzene rings is 3. The molecular formula is C27H23N3O4. The fourth-order valence-electron chi connectivity index (χ4n) is 3.88. The average Bonchev–Trinajstić information content (AvgIpc) is 3.28. The van der Waals surface area contributed by atoms with Crippen LogP contribution in [0.5, 0.6) is 5.75 Å². The van der Waals surface area contributed by atoms with Gasteiger partial charge in [0.25, 0.3) is 11.5 Å². The predicted octanol–water partition coefficient (Wildman–Crippen LogP) is 5.46. The lowest BCUT2D eigenvalue weighted by molar-refractivity contribution is 0.0998. The highest BCUT2D eigenvalue weighted by atomic mass is 16.5. The first-order valence-corrected chi connectivity index (χ1v) is 10.8. The van der Waals surface area contributed by atoms with E-state index < -0.39 is 0 Å². The van der Waals surface area contributed by atoms with Crippen LogP contribution in [0.3, 0.4) is 0 Å². The highest BCUT2D eigenvalue weighted by Crippen LogP contribution is 2.29. The van der Waals surface area contributed by atoms with Crippen molar-refractivity contribution >= 4 is 39.2 Å². The Kier molecular flexibility index (Phi) is 5.51. The molecule has 7 nitrogen and oxygen atoms in total. The zero-order valence-electron chi connectivity index (χ0n) is 18.8. The zero-order valence-corrected chi connectivity index (χ0v) is 18.8. The summed E-state index contributed by atoms with van der Waals surface area (Å²) in [6.45, 7) is 2.36. The molecule has 3 N–H and O–H groups in total. The molecule has 0 aliphatic heterocycles. The number of hydrogen-bond donors (Lipinski definition) is 3. The number of hydrogen-bond acceptors (Lipinski definition) is 5. The Balaban J connectivity index is 1.32. The number of carbonyl (C=O) groups is 1. The zero-order chi connectivity index (χ0) is 23.7. The smallest absolute Gasteiger partial charge is 0.291 e. The number of aromatic amines is 1. The van der Waals surface area contributed by atoms with Gasteiger partial charge in [-0.25, -0.2) is 0 Å². The van der Waals surface area contributed by atoms with Crippen LogP contribution < -0.4 is 20.9 Å². The van der Waals surface area contributed by atoms with Crippen LogP contribution in [0.15, 0.2) is 82.0 Å². The minimum atomic E-state index is -0.367. The Bertz CT molecular complexity index is 1550. The molecule has 0 fully saturated rings. The van der Waals surface area contributed by atoms with Gasteiger partial charge in [0.1, 0.15) is 11.3 Å². The number of nitrogens with one attached hydrogen (secondary N) is 3. The van der Waals surface area contributed by atoms with E-state index in [2.05, 4.69) is 15.6 Å². The first-order chi connectivity index (χ1) is 16.5. The van der Waals surface area contributed by atoms with Crippen molar-refractivity contribution in [3.05, 3.63) is 100 Å². The van der Waals surface area contributed by atoms with Crippen LogP contribution in [0, 0.1) is 6.92 Å². The predicted molar refractivity (Wildman–Crippen MR) is 134 cm³/mol. The number of carbonyl (C=O) groups excluding carboxylic acids is 1. The minimum absolute atomic E-state index is 0.134. The van der Waals surface area contributed by atoms with Crippen molar-refractivity contribution in [1.82, 2.24) is 4.98 Å². The molecule has 170 valence electrons. The van der Waals surface area contributed by atoms with Crippen LogP contribution in [0.4, 0.5) is 11.4 Å². The van der Waals surface area contributed by atoms with E-state index >= 15 is 0 Å². The van der Waals surface area contributed by atoms with Gasteiger partial charge in [0, 0.05) is 34.8 Å². The molecule has 0 atom stereocenters. The van der Waals surface area contributed by atoms with Crippen LogP contribution in [0.2, 0.25) is 0 Å². The summed E-state index contributed by atoms with van der Waals surface area (Å²) < 4.78 is 11.1. The molecule has 34 heavy (non-hydrogen) atoms. The number of H-pyrrole nitrogens is 1. The summed E-state index contributed by atoms with van der Waals surface area (Å²) in [5.74, 6) is 0.335. The Morgan fingerprint density at radius 3 is 2.68 bits per heavy atom. The van der Waals surface area contributed by atoms with E-state index in [1.165, 1.54) is 7.11 Å². The molecule has 0 unspecified atom stereocenters. The van der Waals surface area contributed by atoms with Crippen molar-refractivity contribution in [2.75, 3.05) is 17.7 Å². The van der Waals surface area contributed by atoms with E-state index in [1.807, 2.05) is 61.5 Å². The maximum absolute atomic E-state index is 12.7. The molecule has 5 aromatic rings. The molecule has 0 saturated carbocycles. The SMILES string of the molecule is COc1cc(NCc2cc3cc(C)ccc3[nH]c2=O)ccc1NC(=O)c1cc2ccccc2o1. The number of ether oxygens (including phenoxy) is 1. The van der Waals surface area contributed by atoms with Gasteiger partial charge in [0.05, 0.1) is 12.8 Å². The average molecular weight is 453 g/mol. The Labute approximate surface area is 195 Å². The number of methoxy groups -OCH3 is 1. The Hall–Kier alpha value is -4.52. The maximum atomic E-state index is 12.7. The lowest BCUT2D eigenvalue weighted by Gasteiger charge is -2.13. The first-order valence-electron chi connectivity index (χ1n) is 10.8. The lowest BCUT2D eigenvalue weighted by atomic mass is 10.1. The van der Waals surface area contributed by atoms with Crippen LogP contribution in [0.25, 0.3) is 21.9 Å². The van der Waals surface area contributed by atoms with Gasteiger partial charge in [-0.1, -0.05) is 29.8 Å². The summed E-state index contributed by atoms with van der Waals surface area (Å²) in [6.07, 6.45) is 0. The van der Waals surface area contributed by atoms with E-state index in [-0.39, 0.29) is 17.2 Å². The van der Waals surface area contributed by atoms with E-state index in [0.717, 1.165) is 27.5 Å². The maximum Gasteiger partial charge on any atom is 0.291 e. The third kappa shape index (κ3) is 4.23. The molecule has 7 heteroatoms. The van der Waals surface area contributed by atoms with Crippen molar-refractivity contribution in [3.63, 3.8) is 0 Å². The number of pyridine rings is 1. The molecule has 0 aliphatic carbocycles. The number of furan rings is 1. The van der Waals surface area contributed by atoms with Crippen molar-refractivity contribution in [3.8, 4) is 5.75 Å². The topological polar surface area (TPSA) is 96.4 Å². The molecule has 0 spiro atoms. The summed E-state index contributed by atoms with van der Waals surface area (Å²) in [7, 11) is 1.53. The third-order valence-corrected chi connectivity index (χ3v) is 5.66. The lowest BCUT2D eigenvalue weighted by Crippen LogP contribution is -2.16. The third-order valence-electron chi connectivity index (χ3n) is 5.66. The summed E-state index contributed by atoms with van der Waals surface area (Å²) in [4.78, 5) is 28.1. The van der Waals surface area contributed by atoms with E-state index in [0.29, 0.717) is 29.1 Å². The second-order valence-electron chi connectivity index (χ2n) is 8.09. The van der Waals surface area contributed by atoms with Crippen molar-refractivity contribution in [1.29, 1.82) is 0 Å². The van der Waals surface area contributed by atoms with Gasteiger partial charge in [-0.3, -0.25) is 9.59 Å². The normalized spacial score (nSPS) is 11.0. The molecule has 1 amide bonds. The van der Waals surface area contributed by atoms with Gasteiger partial charge in [-0.15, -0.1) is 0 Å². The van der Waals surface area contributed by atoms with Gasteiger partial charge in [0.15, 0.2) is 5.76 Å². The minimum Gasteiger partial charge on any atom is -0.494 e.